The second kappa shape index (κ2) is 5.64. The molecule has 0 spiro atoms. The molecule has 1 N–H and O–H groups in total. The van der Waals surface area contributed by atoms with Gasteiger partial charge in [0.25, 0.3) is 0 Å². The fraction of sp³-hybridized carbons (Fsp3) is 0.357. The minimum atomic E-state index is -0.361. The molecule has 1 atom stereocenters. The predicted molar refractivity (Wildman–Crippen MR) is 67.5 cm³/mol. The van der Waals surface area contributed by atoms with Gasteiger partial charge < -0.3 is 5.11 Å². The third-order valence-corrected chi connectivity index (χ3v) is 2.86. The van der Waals surface area contributed by atoms with E-state index in [1.807, 2.05) is 54.3 Å². The number of aryl methyl sites for hydroxylation is 2. The Hall–Kier alpha value is -1.61. The van der Waals surface area contributed by atoms with E-state index < -0.39 is 0 Å². The van der Waals surface area contributed by atoms with Crippen LogP contribution < -0.4 is 0 Å². The summed E-state index contributed by atoms with van der Waals surface area (Å²) in [5.41, 5.74) is 2.08. The first-order valence-electron chi connectivity index (χ1n) is 5.97. The average Bonchev–Trinajstić information content (AvgIpc) is 2.76. The molecule has 0 bridgehead atoms. The van der Waals surface area contributed by atoms with Gasteiger partial charge >= 0.3 is 0 Å². The minimum absolute atomic E-state index is 0.361. The van der Waals surface area contributed by atoms with Crippen LogP contribution in [0.5, 0.6) is 0 Å². The van der Waals surface area contributed by atoms with Crippen LogP contribution in [0.25, 0.3) is 0 Å². The Morgan fingerprint density at radius 1 is 1.24 bits per heavy atom. The van der Waals surface area contributed by atoms with E-state index in [9.17, 15) is 5.11 Å². The van der Waals surface area contributed by atoms with E-state index in [4.69, 9.17) is 0 Å². The highest BCUT2D eigenvalue weighted by molar-refractivity contribution is 5.17. The minimum Gasteiger partial charge on any atom is -0.388 e. The van der Waals surface area contributed by atoms with Gasteiger partial charge in [-0.05, 0) is 30.9 Å². The SMILES string of the molecule is Cn1ccc(CCCC(O)c2ccccc2)n1. The molecule has 1 unspecified atom stereocenters. The van der Waals surface area contributed by atoms with E-state index in [2.05, 4.69) is 5.10 Å². The van der Waals surface area contributed by atoms with Gasteiger partial charge in [0.15, 0.2) is 0 Å². The van der Waals surface area contributed by atoms with Crippen LogP contribution >= 0.6 is 0 Å². The molecule has 0 amide bonds. The monoisotopic (exact) mass is 230 g/mol. The van der Waals surface area contributed by atoms with Crippen LogP contribution in [0, 0.1) is 0 Å². The van der Waals surface area contributed by atoms with Gasteiger partial charge in [0.05, 0.1) is 11.8 Å². The first-order valence-corrected chi connectivity index (χ1v) is 5.97. The zero-order valence-corrected chi connectivity index (χ0v) is 10.1. The summed E-state index contributed by atoms with van der Waals surface area (Å²) >= 11 is 0. The van der Waals surface area contributed by atoms with Gasteiger partial charge in [-0.15, -0.1) is 0 Å². The summed E-state index contributed by atoms with van der Waals surface area (Å²) in [4.78, 5) is 0. The van der Waals surface area contributed by atoms with Crippen LogP contribution in [0.4, 0.5) is 0 Å². The lowest BCUT2D eigenvalue weighted by atomic mass is 10.0. The van der Waals surface area contributed by atoms with E-state index in [-0.39, 0.29) is 6.10 Å². The Balaban J connectivity index is 1.79. The molecule has 0 fully saturated rings. The molecule has 0 aliphatic rings. The molecule has 0 radical (unpaired) electrons. The molecular formula is C14H18N2O. The summed E-state index contributed by atoms with van der Waals surface area (Å²) in [5.74, 6) is 0. The molecule has 0 saturated carbocycles. The standard InChI is InChI=1S/C14H18N2O/c1-16-11-10-13(15-16)8-5-9-14(17)12-6-3-2-4-7-12/h2-4,6-7,10-11,14,17H,5,8-9H2,1H3. The lowest BCUT2D eigenvalue weighted by molar-refractivity contribution is 0.164. The van der Waals surface area contributed by atoms with Crippen molar-refractivity contribution in [2.75, 3.05) is 0 Å². The normalized spacial score (nSPS) is 12.6. The van der Waals surface area contributed by atoms with Crippen LogP contribution in [0.3, 0.4) is 0 Å². The third kappa shape index (κ3) is 3.43. The Kier molecular flexibility index (Phi) is 3.94. The summed E-state index contributed by atoms with van der Waals surface area (Å²) in [6.07, 6.45) is 4.24. The quantitative estimate of drug-likeness (QED) is 0.857. The van der Waals surface area contributed by atoms with Crippen molar-refractivity contribution in [1.82, 2.24) is 9.78 Å². The van der Waals surface area contributed by atoms with Gasteiger partial charge in [0, 0.05) is 13.2 Å². The van der Waals surface area contributed by atoms with Crippen molar-refractivity contribution in [3.8, 4) is 0 Å². The summed E-state index contributed by atoms with van der Waals surface area (Å²) in [6, 6.07) is 11.8. The van der Waals surface area contributed by atoms with Gasteiger partial charge in [-0.1, -0.05) is 30.3 Å². The molecule has 3 heteroatoms. The highest BCUT2D eigenvalue weighted by Gasteiger charge is 2.06. The van der Waals surface area contributed by atoms with Crippen molar-refractivity contribution in [2.45, 2.75) is 25.4 Å². The van der Waals surface area contributed by atoms with Crippen molar-refractivity contribution >= 4 is 0 Å². The fourth-order valence-electron chi connectivity index (χ4n) is 1.91. The lowest BCUT2D eigenvalue weighted by Gasteiger charge is -2.09. The molecule has 0 aliphatic carbocycles. The zero-order chi connectivity index (χ0) is 12.1. The van der Waals surface area contributed by atoms with Crippen LogP contribution in [0.2, 0.25) is 0 Å². The van der Waals surface area contributed by atoms with Crippen LogP contribution in [-0.2, 0) is 13.5 Å². The molecule has 2 rings (SSSR count). The molecule has 1 heterocycles. The second-order valence-corrected chi connectivity index (χ2v) is 4.30. The van der Waals surface area contributed by atoms with E-state index in [0.717, 1.165) is 30.5 Å². The number of benzene rings is 1. The van der Waals surface area contributed by atoms with Gasteiger partial charge in [-0.25, -0.2) is 0 Å². The highest BCUT2D eigenvalue weighted by atomic mass is 16.3. The lowest BCUT2D eigenvalue weighted by Crippen LogP contribution is -1.99. The average molecular weight is 230 g/mol. The zero-order valence-electron chi connectivity index (χ0n) is 10.1. The molecule has 1 aromatic heterocycles. The van der Waals surface area contributed by atoms with E-state index >= 15 is 0 Å². The van der Waals surface area contributed by atoms with Crippen LogP contribution in [0.15, 0.2) is 42.6 Å². The molecule has 1 aromatic carbocycles. The largest absolute Gasteiger partial charge is 0.388 e. The maximum atomic E-state index is 9.98. The van der Waals surface area contributed by atoms with Gasteiger partial charge in [-0.3, -0.25) is 4.68 Å². The molecule has 0 aliphatic heterocycles. The molecule has 3 nitrogen and oxygen atoms in total. The summed E-state index contributed by atoms with van der Waals surface area (Å²) in [5, 5.41) is 14.3. The van der Waals surface area contributed by atoms with Crippen molar-refractivity contribution in [3.63, 3.8) is 0 Å². The highest BCUT2D eigenvalue weighted by Crippen LogP contribution is 2.18. The Bertz CT molecular complexity index is 450. The van der Waals surface area contributed by atoms with Gasteiger partial charge in [-0.2, -0.15) is 5.10 Å². The van der Waals surface area contributed by atoms with Crippen LogP contribution in [0.1, 0.15) is 30.2 Å². The first kappa shape index (κ1) is 11.9. The number of hydrogen-bond acceptors (Lipinski definition) is 2. The number of hydrogen-bond donors (Lipinski definition) is 1. The van der Waals surface area contributed by atoms with Crippen molar-refractivity contribution in [2.24, 2.45) is 7.05 Å². The molecule has 90 valence electrons. The summed E-state index contributed by atoms with van der Waals surface area (Å²) in [6.45, 7) is 0. The number of aliphatic hydroxyl groups excluding tert-OH is 1. The van der Waals surface area contributed by atoms with E-state index in [0.29, 0.717) is 0 Å². The molecule has 2 aromatic rings. The maximum Gasteiger partial charge on any atom is 0.0790 e. The fourth-order valence-corrected chi connectivity index (χ4v) is 1.91. The number of rotatable bonds is 5. The Morgan fingerprint density at radius 3 is 2.65 bits per heavy atom. The molecular weight excluding hydrogens is 212 g/mol. The number of nitrogens with zero attached hydrogens (tertiary/aromatic N) is 2. The van der Waals surface area contributed by atoms with E-state index in [1.54, 1.807) is 0 Å². The number of aromatic nitrogens is 2. The third-order valence-electron chi connectivity index (χ3n) is 2.86. The Labute approximate surface area is 102 Å². The summed E-state index contributed by atoms with van der Waals surface area (Å²) in [7, 11) is 1.92. The molecule has 0 saturated heterocycles. The summed E-state index contributed by atoms with van der Waals surface area (Å²) < 4.78 is 1.81. The maximum absolute atomic E-state index is 9.98. The smallest absolute Gasteiger partial charge is 0.0790 e. The van der Waals surface area contributed by atoms with Gasteiger partial charge in [0.2, 0.25) is 0 Å². The van der Waals surface area contributed by atoms with Crippen molar-refractivity contribution in [1.29, 1.82) is 0 Å². The second-order valence-electron chi connectivity index (χ2n) is 4.30. The molecule has 17 heavy (non-hydrogen) atoms. The van der Waals surface area contributed by atoms with Crippen LogP contribution in [-0.4, -0.2) is 14.9 Å². The van der Waals surface area contributed by atoms with Crippen molar-refractivity contribution in [3.05, 3.63) is 53.9 Å². The van der Waals surface area contributed by atoms with Crippen molar-refractivity contribution < 1.29 is 5.11 Å². The topological polar surface area (TPSA) is 38.0 Å². The van der Waals surface area contributed by atoms with E-state index in [1.165, 1.54) is 0 Å². The predicted octanol–water partition coefficient (Wildman–Crippen LogP) is 2.48. The first-order chi connectivity index (χ1) is 8.25. The van der Waals surface area contributed by atoms with Gasteiger partial charge in [0.1, 0.15) is 0 Å². The Morgan fingerprint density at radius 2 is 2.00 bits per heavy atom. The number of aliphatic hydroxyl groups is 1.